The summed E-state index contributed by atoms with van der Waals surface area (Å²) in [5.74, 6) is 0. The van der Waals surface area contributed by atoms with E-state index in [2.05, 4.69) is 0 Å². The summed E-state index contributed by atoms with van der Waals surface area (Å²) in [5, 5.41) is 0. The molecule has 0 aromatic heterocycles. The molecule has 0 N–H and O–H groups in total. The van der Waals surface area contributed by atoms with Gasteiger partial charge in [-0.15, -0.1) is 0 Å². The molecular weight excluding hydrogens is 319 g/mol. The van der Waals surface area contributed by atoms with Crippen LogP contribution in [0.15, 0.2) is 0 Å². The third kappa shape index (κ3) is 70.8. The molecule has 0 amide bonds. The van der Waals surface area contributed by atoms with E-state index in [4.69, 9.17) is 7.13 Å². The van der Waals surface area contributed by atoms with Gasteiger partial charge in [-0.2, -0.15) is 0 Å². The first-order chi connectivity index (χ1) is 2.73. The third-order valence-electron chi connectivity index (χ3n) is 0. The van der Waals surface area contributed by atoms with Crippen LogP contribution in [0.3, 0.4) is 0 Å². The molecule has 7 heteroatoms. The molecule has 0 aliphatic carbocycles. The molecule has 7 heavy (non-hydrogen) atoms. The molecule has 0 aromatic carbocycles. The van der Waals surface area contributed by atoms with Gasteiger partial charge in [-0.1, -0.05) is 0 Å². The van der Waals surface area contributed by atoms with Gasteiger partial charge in [0, 0.05) is 0 Å². The molecule has 4 nitrogen and oxygen atoms in total. The zero-order valence-electron chi connectivity index (χ0n) is 2.79. The maximum atomic E-state index is 8.64. The van der Waals surface area contributed by atoms with Crippen molar-refractivity contribution in [3.05, 3.63) is 0 Å². The van der Waals surface area contributed by atoms with E-state index < -0.39 is 30.2 Å². The Morgan fingerprint density at radius 1 is 1.00 bits per heavy atom. The molecule has 36 valence electrons. The molecule has 0 saturated heterocycles. The van der Waals surface area contributed by atoms with Crippen LogP contribution in [0.1, 0.15) is 0 Å². The SMILES string of the molecule is [AlH3].[O]=[La](=[O])=[O].[O]=[Y]. The fourth-order valence-electron chi connectivity index (χ4n) is 0. The number of hydrogen-bond donors (Lipinski definition) is 0. The van der Waals surface area contributed by atoms with Crippen molar-refractivity contribution in [2.75, 3.05) is 0 Å². The zero-order chi connectivity index (χ0) is 5.58. The van der Waals surface area contributed by atoms with E-state index in [0.29, 0.717) is 0 Å². The van der Waals surface area contributed by atoms with Gasteiger partial charge < -0.3 is 0 Å². The van der Waals surface area contributed by atoms with Crippen molar-refractivity contribution >= 4 is 17.4 Å². The van der Waals surface area contributed by atoms with Gasteiger partial charge in [0.1, 0.15) is 0 Å². The van der Waals surface area contributed by atoms with E-state index in [1.807, 2.05) is 0 Å². The molecule has 0 spiro atoms. The summed E-state index contributed by atoms with van der Waals surface area (Å²) < 4.78 is 34.3. The molecule has 0 saturated carbocycles. The average molecular weight is 322 g/mol. The van der Waals surface area contributed by atoms with Crippen molar-refractivity contribution in [1.29, 1.82) is 0 Å². The first-order valence-corrected chi connectivity index (χ1v) is 6.54. The van der Waals surface area contributed by atoms with Crippen LogP contribution in [0.5, 0.6) is 0 Å². The van der Waals surface area contributed by atoms with Crippen LogP contribution in [0.4, 0.5) is 0 Å². The summed E-state index contributed by atoms with van der Waals surface area (Å²) >= 11 is -4.37. The van der Waals surface area contributed by atoms with Crippen LogP contribution in [0.2, 0.25) is 0 Å². The Morgan fingerprint density at radius 3 is 1.00 bits per heavy atom. The molecule has 0 fully saturated rings. The predicted molar refractivity (Wildman–Crippen MR) is 12.7 cm³/mol. The molecule has 0 bridgehead atoms. The van der Waals surface area contributed by atoms with Gasteiger partial charge in [0.2, 0.25) is 0 Å². The number of rotatable bonds is 0. The molecular formula is H3AlLaO4Y. The second-order valence-corrected chi connectivity index (χ2v) is 2.10. The van der Waals surface area contributed by atoms with E-state index in [0.717, 1.165) is 0 Å². The van der Waals surface area contributed by atoms with Crippen molar-refractivity contribution in [3.8, 4) is 0 Å². The Morgan fingerprint density at radius 2 is 1.00 bits per heavy atom. The molecule has 0 atom stereocenters. The Labute approximate surface area is 83.8 Å². The minimum absolute atomic E-state index is 0. The Balaban J connectivity index is -0.0000000480. The summed E-state index contributed by atoms with van der Waals surface area (Å²) in [6.07, 6.45) is 0. The van der Waals surface area contributed by atoms with E-state index in [1.165, 1.54) is 0 Å². The van der Waals surface area contributed by atoms with Crippen molar-refractivity contribution in [3.63, 3.8) is 0 Å². The molecule has 0 aliphatic heterocycles. The number of hydrogen-bond acceptors (Lipinski definition) is 4. The first-order valence-electron chi connectivity index (χ1n) is 0.943. The van der Waals surface area contributed by atoms with E-state index in [1.54, 1.807) is 0 Å². The molecule has 0 radical (unpaired) electrons. The van der Waals surface area contributed by atoms with Crippen LogP contribution in [0.25, 0.3) is 0 Å². The van der Waals surface area contributed by atoms with Gasteiger partial charge in [0.25, 0.3) is 0 Å². The first kappa shape index (κ1) is 16.0. The van der Waals surface area contributed by atoms with Gasteiger partial charge in [-0.25, -0.2) is 0 Å². The molecule has 0 aliphatic rings. The molecule has 0 unspecified atom stereocenters. The molecule has 0 aromatic rings. The van der Waals surface area contributed by atoms with Crippen LogP contribution in [-0.2, 0) is 38.1 Å². The Bertz CT molecular complexity index is 91.9. The van der Waals surface area contributed by atoms with Gasteiger partial charge in [-0.05, 0) is 0 Å². The Hall–Kier alpha value is 2.03. The quantitative estimate of drug-likeness (QED) is 0.501. The average Bonchev–Trinajstić information content (AvgIpc) is 1.41. The monoisotopic (exact) mass is 322 g/mol. The van der Waals surface area contributed by atoms with Crippen molar-refractivity contribution in [2.24, 2.45) is 0 Å². The summed E-state index contributed by atoms with van der Waals surface area (Å²) in [5.41, 5.74) is 0. The van der Waals surface area contributed by atoms with Crippen molar-refractivity contribution < 1.29 is 68.4 Å². The summed E-state index contributed by atoms with van der Waals surface area (Å²) in [6, 6.07) is 0. The van der Waals surface area contributed by atoms with Crippen LogP contribution in [-0.4, -0.2) is 17.4 Å². The minimum atomic E-state index is -4.47. The van der Waals surface area contributed by atoms with Crippen LogP contribution < -0.4 is 0 Å². The van der Waals surface area contributed by atoms with Crippen molar-refractivity contribution in [2.45, 2.75) is 0 Å². The fraction of sp³-hybridized carbons (Fsp3) is 0. The fourth-order valence-corrected chi connectivity index (χ4v) is 0. The topological polar surface area (TPSA) is 68.3 Å². The Kier molecular flexibility index (Phi) is 35.9. The summed E-state index contributed by atoms with van der Waals surface area (Å²) in [6.45, 7) is 0. The summed E-state index contributed by atoms with van der Waals surface area (Å²) in [7, 11) is 0. The zero-order valence-corrected chi connectivity index (χ0v) is 9.25. The van der Waals surface area contributed by atoms with Crippen molar-refractivity contribution in [1.82, 2.24) is 0 Å². The van der Waals surface area contributed by atoms with E-state index in [9.17, 15) is 0 Å². The van der Waals surface area contributed by atoms with Gasteiger partial charge >= 0.3 is 68.4 Å². The van der Waals surface area contributed by atoms with Gasteiger partial charge in [-0.3, -0.25) is 0 Å². The molecule has 0 rings (SSSR count). The van der Waals surface area contributed by atoms with Crippen LogP contribution in [0, 0.1) is 30.2 Å². The summed E-state index contributed by atoms with van der Waals surface area (Å²) in [4.78, 5) is 0. The normalized spacial score (nSPS) is 3.00. The third-order valence-corrected chi connectivity index (χ3v) is 0. The van der Waals surface area contributed by atoms with Crippen LogP contribution >= 0.6 is 0 Å². The van der Waals surface area contributed by atoms with Gasteiger partial charge in [0.15, 0.2) is 17.4 Å². The second-order valence-electron chi connectivity index (χ2n) is 0.289. The predicted octanol–water partition coefficient (Wildman–Crippen LogP) is -1.66. The molecule has 0 heterocycles. The van der Waals surface area contributed by atoms with E-state index >= 15 is 0 Å². The maximum absolute atomic E-state index is 8.64. The van der Waals surface area contributed by atoms with E-state index in [-0.39, 0.29) is 48.4 Å². The second kappa shape index (κ2) is 15.7. The van der Waals surface area contributed by atoms with Gasteiger partial charge in [0.05, 0.1) is 0 Å². The standard InChI is InChI=1S/Al.La.4O.Y.3H.